The average Bonchev–Trinajstić information content (AvgIpc) is 2.45. The third-order valence-electron chi connectivity index (χ3n) is 3.10. The quantitative estimate of drug-likeness (QED) is 0.800. The molecule has 3 heteroatoms. The van der Waals surface area contributed by atoms with Crippen molar-refractivity contribution in [2.24, 2.45) is 0 Å². The van der Waals surface area contributed by atoms with Gasteiger partial charge in [-0.15, -0.1) is 11.6 Å². The molecule has 2 aromatic rings. The summed E-state index contributed by atoms with van der Waals surface area (Å²) >= 11 is 5.73. The number of anilines is 1. The van der Waals surface area contributed by atoms with Crippen LogP contribution in [-0.4, -0.2) is 10.9 Å². The summed E-state index contributed by atoms with van der Waals surface area (Å²) in [7, 11) is 0. The van der Waals surface area contributed by atoms with Crippen LogP contribution in [-0.2, 0) is 13.0 Å². The molecule has 0 aliphatic carbocycles. The molecule has 0 unspecified atom stereocenters. The van der Waals surface area contributed by atoms with Crippen molar-refractivity contribution in [2.45, 2.75) is 26.3 Å². The van der Waals surface area contributed by atoms with Crippen molar-refractivity contribution in [3.63, 3.8) is 0 Å². The molecule has 0 amide bonds. The van der Waals surface area contributed by atoms with Gasteiger partial charge in [0.25, 0.3) is 0 Å². The molecule has 0 aliphatic heterocycles. The van der Waals surface area contributed by atoms with Crippen molar-refractivity contribution in [1.29, 1.82) is 0 Å². The summed E-state index contributed by atoms with van der Waals surface area (Å²) < 4.78 is 0. The minimum absolute atomic E-state index is 0.713. The third-order valence-corrected chi connectivity index (χ3v) is 3.37. The van der Waals surface area contributed by atoms with Gasteiger partial charge in [-0.2, -0.15) is 0 Å². The first-order valence-corrected chi connectivity index (χ1v) is 7.12. The number of aryl methyl sites for hydroxylation is 2. The van der Waals surface area contributed by atoms with Crippen LogP contribution < -0.4 is 5.32 Å². The smallest absolute Gasteiger partial charge is 0.0623 e. The summed E-state index contributed by atoms with van der Waals surface area (Å²) in [6.07, 6.45) is 3.88. The second kappa shape index (κ2) is 7.15. The minimum atomic E-state index is 0.713. The molecule has 1 aromatic heterocycles. The number of nitrogens with one attached hydrogen (secondary N) is 1. The van der Waals surface area contributed by atoms with E-state index in [0.29, 0.717) is 5.88 Å². The molecule has 2 rings (SSSR count). The zero-order valence-corrected chi connectivity index (χ0v) is 12.0. The molecule has 1 aromatic carbocycles. The maximum atomic E-state index is 5.73. The first kappa shape index (κ1) is 13.9. The summed E-state index contributed by atoms with van der Waals surface area (Å²) in [5.41, 5.74) is 4.77. The first-order valence-electron chi connectivity index (χ1n) is 6.59. The summed E-state index contributed by atoms with van der Waals surface area (Å²) in [6, 6.07) is 12.5. The van der Waals surface area contributed by atoms with Crippen molar-refractivity contribution in [3.05, 3.63) is 59.4 Å². The van der Waals surface area contributed by atoms with E-state index >= 15 is 0 Å². The average molecular weight is 275 g/mol. The van der Waals surface area contributed by atoms with Crippen molar-refractivity contribution < 1.29 is 0 Å². The minimum Gasteiger partial charge on any atom is -0.379 e. The summed E-state index contributed by atoms with van der Waals surface area (Å²) in [6.45, 7) is 2.84. The van der Waals surface area contributed by atoms with Gasteiger partial charge < -0.3 is 5.32 Å². The Morgan fingerprint density at radius 3 is 2.89 bits per heavy atom. The van der Waals surface area contributed by atoms with Gasteiger partial charge in [-0.1, -0.05) is 18.2 Å². The SMILES string of the molecule is Cc1cccnc1CNc1cccc(CCCCl)c1. The van der Waals surface area contributed by atoms with Gasteiger partial charge in [0, 0.05) is 17.8 Å². The van der Waals surface area contributed by atoms with Gasteiger partial charge in [-0.05, 0) is 49.1 Å². The highest BCUT2D eigenvalue weighted by Gasteiger charge is 2.00. The van der Waals surface area contributed by atoms with Crippen molar-refractivity contribution in [3.8, 4) is 0 Å². The van der Waals surface area contributed by atoms with E-state index in [9.17, 15) is 0 Å². The number of benzene rings is 1. The fraction of sp³-hybridized carbons (Fsp3) is 0.312. The largest absolute Gasteiger partial charge is 0.379 e. The molecule has 0 atom stereocenters. The van der Waals surface area contributed by atoms with E-state index in [0.717, 1.165) is 30.8 Å². The number of pyridine rings is 1. The van der Waals surface area contributed by atoms with E-state index in [2.05, 4.69) is 47.6 Å². The van der Waals surface area contributed by atoms with E-state index in [1.165, 1.54) is 11.1 Å². The Bertz CT molecular complexity index is 526. The van der Waals surface area contributed by atoms with Crippen molar-refractivity contribution >= 4 is 17.3 Å². The van der Waals surface area contributed by atoms with Gasteiger partial charge in [0.1, 0.15) is 0 Å². The molecule has 0 aliphatic rings. The van der Waals surface area contributed by atoms with E-state index in [1.807, 2.05) is 12.3 Å². The number of nitrogens with zero attached hydrogens (tertiary/aromatic N) is 1. The summed E-state index contributed by atoms with van der Waals surface area (Å²) in [4.78, 5) is 4.39. The monoisotopic (exact) mass is 274 g/mol. The van der Waals surface area contributed by atoms with Gasteiger partial charge in [0.15, 0.2) is 0 Å². The Morgan fingerprint density at radius 2 is 2.11 bits per heavy atom. The van der Waals surface area contributed by atoms with Gasteiger partial charge >= 0.3 is 0 Å². The fourth-order valence-electron chi connectivity index (χ4n) is 2.00. The highest BCUT2D eigenvalue weighted by molar-refractivity contribution is 6.17. The summed E-state index contributed by atoms with van der Waals surface area (Å²) in [5.74, 6) is 0.713. The molecule has 2 nitrogen and oxygen atoms in total. The third kappa shape index (κ3) is 4.25. The maximum Gasteiger partial charge on any atom is 0.0623 e. The Morgan fingerprint density at radius 1 is 1.21 bits per heavy atom. The van der Waals surface area contributed by atoms with Gasteiger partial charge in [-0.3, -0.25) is 4.98 Å². The zero-order valence-electron chi connectivity index (χ0n) is 11.2. The molecule has 0 bridgehead atoms. The second-order valence-corrected chi connectivity index (χ2v) is 4.99. The molecule has 100 valence electrons. The van der Waals surface area contributed by atoms with Crippen LogP contribution in [0.3, 0.4) is 0 Å². The Hall–Kier alpha value is -1.54. The highest BCUT2D eigenvalue weighted by atomic mass is 35.5. The zero-order chi connectivity index (χ0) is 13.5. The van der Waals surface area contributed by atoms with Gasteiger partial charge in [-0.25, -0.2) is 0 Å². The maximum absolute atomic E-state index is 5.73. The van der Waals surface area contributed by atoms with Crippen LogP contribution in [0.2, 0.25) is 0 Å². The molecular formula is C16H19ClN2. The van der Waals surface area contributed by atoms with Gasteiger partial charge in [0.05, 0.1) is 12.2 Å². The van der Waals surface area contributed by atoms with E-state index < -0.39 is 0 Å². The Kier molecular flexibility index (Phi) is 5.22. The predicted molar refractivity (Wildman–Crippen MR) is 81.8 cm³/mol. The van der Waals surface area contributed by atoms with Crippen molar-refractivity contribution in [1.82, 2.24) is 4.98 Å². The van der Waals surface area contributed by atoms with Crippen LogP contribution in [0.15, 0.2) is 42.6 Å². The molecule has 19 heavy (non-hydrogen) atoms. The van der Waals surface area contributed by atoms with E-state index in [-0.39, 0.29) is 0 Å². The molecule has 0 spiro atoms. The van der Waals surface area contributed by atoms with Crippen LogP contribution >= 0.6 is 11.6 Å². The number of hydrogen-bond donors (Lipinski definition) is 1. The van der Waals surface area contributed by atoms with E-state index in [1.54, 1.807) is 0 Å². The second-order valence-electron chi connectivity index (χ2n) is 4.61. The van der Waals surface area contributed by atoms with E-state index in [4.69, 9.17) is 11.6 Å². The molecule has 0 fully saturated rings. The molecular weight excluding hydrogens is 256 g/mol. The lowest BCUT2D eigenvalue weighted by Crippen LogP contribution is -2.03. The topological polar surface area (TPSA) is 24.9 Å². The lowest BCUT2D eigenvalue weighted by molar-refractivity contribution is 0.928. The lowest BCUT2D eigenvalue weighted by Gasteiger charge is -2.09. The van der Waals surface area contributed by atoms with Crippen molar-refractivity contribution in [2.75, 3.05) is 11.2 Å². The number of rotatable bonds is 6. The van der Waals surface area contributed by atoms with Crippen LogP contribution in [0.25, 0.3) is 0 Å². The van der Waals surface area contributed by atoms with Crippen LogP contribution in [0, 0.1) is 6.92 Å². The van der Waals surface area contributed by atoms with Crippen LogP contribution in [0.5, 0.6) is 0 Å². The first-order chi connectivity index (χ1) is 9.29. The normalized spacial score (nSPS) is 10.4. The number of hydrogen-bond acceptors (Lipinski definition) is 2. The molecule has 0 radical (unpaired) electrons. The molecule has 0 saturated carbocycles. The molecule has 0 saturated heterocycles. The number of aromatic nitrogens is 1. The van der Waals surface area contributed by atoms with Gasteiger partial charge in [0.2, 0.25) is 0 Å². The number of halogens is 1. The molecule has 1 N–H and O–H groups in total. The Balaban J connectivity index is 1.98. The van der Waals surface area contributed by atoms with Crippen LogP contribution in [0.4, 0.5) is 5.69 Å². The number of alkyl halides is 1. The standard InChI is InChI=1S/C16H19ClN2/c1-13-5-4-10-18-16(13)12-19-15-8-2-6-14(11-15)7-3-9-17/h2,4-6,8,10-11,19H,3,7,9,12H2,1H3. The summed E-state index contributed by atoms with van der Waals surface area (Å²) in [5, 5.41) is 3.42. The van der Waals surface area contributed by atoms with Crippen LogP contribution in [0.1, 0.15) is 23.2 Å². The highest BCUT2D eigenvalue weighted by Crippen LogP contribution is 2.14. The fourth-order valence-corrected chi connectivity index (χ4v) is 2.13. The lowest BCUT2D eigenvalue weighted by atomic mass is 10.1. The molecule has 1 heterocycles. The Labute approximate surface area is 119 Å². The predicted octanol–water partition coefficient (Wildman–Crippen LogP) is 4.17.